The van der Waals surface area contributed by atoms with Crippen LogP contribution in [0.2, 0.25) is 0 Å². The zero-order valence-electron chi connectivity index (χ0n) is 18.5. The van der Waals surface area contributed by atoms with E-state index in [1.54, 1.807) is 25.0 Å². The first-order valence-electron chi connectivity index (χ1n) is 11.6. The molecular weight excluding hydrogens is 446 g/mol. The molecule has 0 bridgehead atoms. The number of allylic oxidation sites excluding steroid dienone is 4. The zero-order valence-corrected chi connectivity index (χ0v) is 19.3. The Bertz CT molecular complexity index is 1130. The normalized spacial score (nSPS) is 36.2. The largest absolute Gasteiger partial charge is 0.508 e. The van der Waals surface area contributed by atoms with Crippen LogP contribution in [0.4, 0.5) is 8.78 Å². The van der Waals surface area contributed by atoms with Crippen molar-refractivity contribution in [3.63, 3.8) is 0 Å². The predicted octanol–water partition coefficient (Wildman–Crippen LogP) is 5.86. The Morgan fingerprint density at radius 3 is 2.52 bits per heavy atom. The van der Waals surface area contributed by atoms with Gasteiger partial charge in [0.05, 0.1) is 5.03 Å². The van der Waals surface area contributed by atoms with Crippen molar-refractivity contribution in [2.45, 2.75) is 69.3 Å². The van der Waals surface area contributed by atoms with E-state index in [0.29, 0.717) is 43.6 Å². The summed E-state index contributed by atoms with van der Waals surface area (Å²) in [6.07, 6.45) is 8.22. The lowest BCUT2D eigenvalue weighted by molar-refractivity contribution is -0.209. The Balaban J connectivity index is 1.72. The van der Waals surface area contributed by atoms with E-state index in [1.165, 1.54) is 5.57 Å². The van der Waals surface area contributed by atoms with Gasteiger partial charge in [-0.3, -0.25) is 4.79 Å². The average Bonchev–Trinajstić information content (AvgIpc) is 3.08. The molecule has 6 heteroatoms. The molecule has 5 rings (SSSR count). The smallest absolute Gasteiger partial charge is 0.336 e. The number of carbonyl (C=O) groups excluding carboxylic acids is 1. The Morgan fingerprint density at radius 1 is 1.15 bits per heavy atom. The number of fused-ring (bicyclic) bond motifs is 4. The van der Waals surface area contributed by atoms with Crippen molar-refractivity contribution in [2.24, 2.45) is 17.3 Å². The summed E-state index contributed by atoms with van der Waals surface area (Å²) in [5.41, 5.74) is 0.677. The quantitative estimate of drug-likeness (QED) is 0.530. The number of carbonyl (C=O) groups is 1. The van der Waals surface area contributed by atoms with Gasteiger partial charge in [0.2, 0.25) is 0 Å². The van der Waals surface area contributed by atoms with E-state index in [9.17, 15) is 15.0 Å². The molecule has 174 valence electrons. The molecule has 0 heterocycles. The molecule has 0 unspecified atom stereocenters. The summed E-state index contributed by atoms with van der Waals surface area (Å²) >= 11 is 6.45. The van der Waals surface area contributed by atoms with Crippen LogP contribution in [0.15, 0.2) is 46.0 Å². The SMILES string of the molecule is C#CC(F)(F)[C@]1(O)CC[C@H]2[C@@H]3CCC4=C(Cl)C(=O)CCC4=C3[C@H](c3ccc(O)cc3)C[C@@]21C. The minimum Gasteiger partial charge on any atom is -0.508 e. The molecule has 33 heavy (non-hydrogen) atoms. The number of phenolic OH excluding ortho intramolecular Hbond substituents is 1. The highest BCUT2D eigenvalue weighted by atomic mass is 35.5. The molecule has 0 saturated heterocycles. The van der Waals surface area contributed by atoms with E-state index in [2.05, 4.69) is 0 Å². The summed E-state index contributed by atoms with van der Waals surface area (Å²) in [6, 6.07) is 6.82. The summed E-state index contributed by atoms with van der Waals surface area (Å²) in [5.74, 6) is -2.35. The van der Waals surface area contributed by atoms with E-state index in [-0.39, 0.29) is 35.7 Å². The number of hydrogen-bond acceptors (Lipinski definition) is 3. The molecule has 2 fully saturated rings. The number of phenols is 1. The minimum atomic E-state index is -3.64. The second-order valence-corrected chi connectivity index (χ2v) is 10.7. The molecule has 1 aromatic rings. The first-order chi connectivity index (χ1) is 15.5. The van der Waals surface area contributed by atoms with Crippen LogP contribution in [-0.2, 0) is 4.79 Å². The molecule has 4 aliphatic carbocycles. The van der Waals surface area contributed by atoms with Crippen LogP contribution in [0, 0.1) is 29.6 Å². The number of ketones is 1. The van der Waals surface area contributed by atoms with Crippen molar-refractivity contribution in [3.8, 4) is 18.1 Å². The molecule has 0 amide bonds. The van der Waals surface area contributed by atoms with Gasteiger partial charge in [-0.25, -0.2) is 0 Å². The molecule has 2 N–H and O–H groups in total. The van der Waals surface area contributed by atoms with Gasteiger partial charge in [0, 0.05) is 17.8 Å². The van der Waals surface area contributed by atoms with Crippen LogP contribution < -0.4 is 0 Å². The van der Waals surface area contributed by atoms with Crippen molar-refractivity contribution in [1.82, 2.24) is 0 Å². The minimum absolute atomic E-state index is 0.00145. The highest BCUT2D eigenvalue weighted by Gasteiger charge is 2.71. The fourth-order valence-corrected chi connectivity index (χ4v) is 7.66. The molecule has 0 aromatic heterocycles. The van der Waals surface area contributed by atoms with Crippen molar-refractivity contribution in [2.75, 3.05) is 0 Å². The number of benzene rings is 1. The van der Waals surface area contributed by atoms with Gasteiger partial charge in [-0.15, -0.1) is 6.42 Å². The van der Waals surface area contributed by atoms with Gasteiger partial charge >= 0.3 is 5.92 Å². The van der Waals surface area contributed by atoms with Gasteiger partial charge in [0.15, 0.2) is 5.78 Å². The summed E-state index contributed by atoms with van der Waals surface area (Å²) < 4.78 is 30.1. The third-order valence-electron chi connectivity index (χ3n) is 9.00. The summed E-state index contributed by atoms with van der Waals surface area (Å²) in [4.78, 5) is 12.3. The molecule has 4 aliphatic rings. The third-order valence-corrected chi connectivity index (χ3v) is 9.43. The maximum Gasteiger partial charge on any atom is 0.336 e. The lowest BCUT2D eigenvalue weighted by Crippen LogP contribution is -2.60. The van der Waals surface area contributed by atoms with Gasteiger partial charge < -0.3 is 10.2 Å². The predicted molar refractivity (Wildman–Crippen MR) is 122 cm³/mol. The Kier molecular flexibility index (Phi) is 5.09. The first kappa shape index (κ1) is 22.6. The van der Waals surface area contributed by atoms with Crippen molar-refractivity contribution in [1.29, 1.82) is 0 Å². The molecule has 1 aromatic carbocycles. The summed E-state index contributed by atoms with van der Waals surface area (Å²) in [7, 11) is 0. The number of aliphatic hydroxyl groups is 1. The number of halogens is 3. The molecular formula is C27H27ClF2O3. The standard InChI is InChI=1S/C27H27ClF2O3/c1-3-27(29,30)26(33)13-12-21-19-9-8-18-17(10-11-22(32)24(18)28)23(19)20(14-25(21,26)2)15-4-6-16(31)7-5-15/h1,4-7,19-21,31,33H,8-14H2,2H3/t19-,20-,21-,25-,26-/m0/s1. The topological polar surface area (TPSA) is 57.5 Å². The van der Waals surface area contributed by atoms with E-state index in [0.717, 1.165) is 16.7 Å². The molecule has 0 spiro atoms. The Morgan fingerprint density at radius 2 is 1.85 bits per heavy atom. The van der Waals surface area contributed by atoms with Crippen molar-refractivity contribution >= 4 is 17.4 Å². The highest BCUT2D eigenvalue weighted by molar-refractivity contribution is 6.43. The first-order valence-corrected chi connectivity index (χ1v) is 11.9. The fourth-order valence-electron chi connectivity index (χ4n) is 7.36. The van der Waals surface area contributed by atoms with Crippen molar-refractivity contribution < 1.29 is 23.8 Å². The van der Waals surface area contributed by atoms with Crippen LogP contribution in [0.3, 0.4) is 0 Å². The van der Waals surface area contributed by atoms with E-state index in [4.69, 9.17) is 18.0 Å². The van der Waals surface area contributed by atoms with Crippen LogP contribution in [0.5, 0.6) is 5.75 Å². The number of terminal acetylenes is 1. The van der Waals surface area contributed by atoms with Gasteiger partial charge in [-0.05, 0) is 85.1 Å². The zero-order chi connectivity index (χ0) is 23.8. The van der Waals surface area contributed by atoms with Crippen LogP contribution >= 0.6 is 11.6 Å². The van der Waals surface area contributed by atoms with Gasteiger partial charge in [-0.1, -0.05) is 36.2 Å². The monoisotopic (exact) mass is 472 g/mol. The maximum atomic E-state index is 15.0. The molecule has 0 aliphatic heterocycles. The van der Waals surface area contributed by atoms with Gasteiger partial charge in [0.25, 0.3) is 0 Å². The van der Waals surface area contributed by atoms with Crippen molar-refractivity contribution in [3.05, 3.63) is 51.6 Å². The lowest BCUT2D eigenvalue weighted by Gasteiger charge is -2.55. The Labute approximate surface area is 197 Å². The number of Topliss-reactive ketones (excluding diaryl/α,β-unsaturated/α-hetero) is 1. The second kappa shape index (κ2) is 7.42. The Hall–Kier alpha value is -2.16. The number of hydrogen-bond donors (Lipinski definition) is 2. The van der Waals surface area contributed by atoms with E-state index >= 15 is 8.78 Å². The number of rotatable bonds is 2. The third kappa shape index (κ3) is 3.00. The summed E-state index contributed by atoms with van der Waals surface area (Å²) in [6.45, 7) is 1.77. The van der Waals surface area contributed by atoms with Crippen LogP contribution in [-0.4, -0.2) is 27.5 Å². The fraction of sp³-hybridized carbons (Fsp3) is 0.519. The van der Waals surface area contributed by atoms with Gasteiger partial charge in [-0.2, -0.15) is 8.78 Å². The number of aromatic hydroxyl groups is 1. The highest BCUT2D eigenvalue weighted by Crippen LogP contribution is 2.69. The maximum absolute atomic E-state index is 15.0. The molecule has 2 saturated carbocycles. The van der Waals surface area contributed by atoms with E-state index < -0.39 is 16.9 Å². The van der Waals surface area contributed by atoms with Crippen LogP contribution in [0.1, 0.15) is 63.4 Å². The second-order valence-electron chi connectivity index (χ2n) is 10.3. The van der Waals surface area contributed by atoms with Crippen LogP contribution in [0.25, 0.3) is 0 Å². The van der Waals surface area contributed by atoms with E-state index in [1.807, 2.05) is 12.1 Å². The molecule has 5 atom stereocenters. The average molecular weight is 473 g/mol. The molecule has 0 radical (unpaired) electrons. The van der Waals surface area contributed by atoms with Gasteiger partial charge in [0.1, 0.15) is 11.4 Å². The number of alkyl halides is 2. The summed E-state index contributed by atoms with van der Waals surface area (Å²) in [5, 5.41) is 21.6. The lowest BCUT2D eigenvalue weighted by atomic mass is 9.50. The molecule has 3 nitrogen and oxygen atoms in total.